The van der Waals surface area contributed by atoms with Crippen LogP contribution in [0.3, 0.4) is 0 Å². The minimum absolute atomic E-state index is 0.252. The Morgan fingerprint density at radius 3 is 3.00 bits per heavy atom. The van der Waals surface area contributed by atoms with Gasteiger partial charge >= 0.3 is 5.97 Å². The Hall–Kier alpha value is -1.38. The summed E-state index contributed by atoms with van der Waals surface area (Å²) in [6.45, 7) is 2.45. The van der Waals surface area contributed by atoms with Crippen LogP contribution in [0, 0.1) is 0 Å². The summed E-state index contributed by atoms with van der Waals surface area (Å²) in [5.41, 5.74) is 0.596. The molecule has 0 saturated heterocycles. The standard InChI is InChI=1S/C10H14NO2/c1-3-7-13-10(12)9-5-4-6-11(2)8-9/h4-6,8H,3,7H2,1-2H3/q+1. The van der Waals surface area contributed by atoms with Crippen molar-refractivity contribution in [2.24, 2.45) is 7.05 Å². The molecule has 0 aliphatic carbocycles. The second-order valence-electron chi connectivity index (χ2n) is 2.89. The molecule has 3 heteroatoms. The summed E-state index contributed by atoms with van der Waals surface area (Å²) in [4.78, 5) is 11.3. The van der Waals surface area contributed by atoms with Gasteiger partial charge in [-0.3, -0.25) is 0 Å². The lowest BCUT2D eigenvalue weighted by Gasteiger charge is -2.00. The van der Waals surface area contributed by atoms with Crippen LogP contribution in [0.5, 0.6) is 0 Å². The predicted octanol–water partition coefficient (Wildman–Crippen LogP) is 1.08. The first kappa shape index (κ1) is 9.71. The fourth-order valence-corrected chi connectivity index (χ4v) is 0.987. The Labute approximate surface area is 78.0 Å². The van der Waals surface area contributed by atoms with Gasteiger partial charge in [0.05, 0.1) is 6.61 Å². The van der Waals surface area contributed by atoms with Gasteiger partial charge in [0.2, 0.25) is 0 Å². The molecule has 0 atom stereocenters. The molecule has 0 N–H and O–H groups in total. The average molecular weight is 180 g/mol. The van der Waals surface area contributed by atoms with Gasteiger partial charge in [0, 0.05) is 6.07 Å². The number of aromatic nitrogens is 1. The molecule has 1 rings (SSSR count). The maximum atomic E-state index is 11.3. The van der Waals surface area contributed by atoms with E-state index < -0.39 is 0 Å². The van der Waals surface area contributed by atoms with Gasteiger partial charge in [0.15, 0.2) is 12.4 Å². The number of pyridine rings is 1. The van der Waals surface area contributed by atoms with Crippen molar-refractivity contribution in [3.05, 3.63) is 30.1 Å². The Kier molecular flexibility index (Phi) is 3.43. The lowest BCUT2D eigenvalue weighted by Crippen LogP contribution is -2.28. The van der Waals surface area contributed by atoms with Crippen molar-refractivity contribution in [1.82, 2.24) is 0 Å². The number of hydrogen-bond acceptors (Lipinski definition) is 2. The van der Waals surface area contributed by atoms with Gasteiger partial charge in [-0.15, -0.1) is 0 Å². The highest BCUT2D eigenvalue weighted by molar-refractivity contribution is 5.88. The van der Waals surface area contributed by atoms with Crippen LogP contribution in [0.1, 0.15) is 23.7 Å². The van der Waals surface area contributed by atoms with E-state index in [2.05, 4.69) is 0 Å². The number of ether oxygens (including phenoxy) is 1. The van der Waals surface area contributed by atoms with Gasteiger partial charge in [-0.05, 0) is 12.5 Å². The van der Waals surface area contributed by atoms with Crippen LogP contribution in [0.4, 0.5) is 0 Å². The molecule has 0 saturated carbocycles. The molecule has 0 aliphatic heterocycles. The summed E-state index contributed by atoms with van der Waals surface area (Å²) in [6, 6.07) is 3.57. The van der Waals surface area contributed by atoms with Gasteiger partial charge in [0.25, 0.3) is 0 Å². The molecule has 0 spiro atoms. The van der Waals surface area contributed by atoms with Crippen LogP contribution in [-0.4, -0.2) is 12.6 Å². The van der Waals surface area contributed by atoms with Crippen LogP contribution < -0.4 is 4.57 Å². The smallest absolute Gasteiger partial charge is 0.344 e. The summed E-state index contributed by atoms with van der Waals surface area (Å²) in [6.07, 6.45) is 4.47. The van der Waals surface area contributed by atoms with Crippen molar-refractivity contribution in [2.45, 2.75) is 13.3 Å². The first-order chi connectivity index (χ1) is 6.24. The molecule has 13 heavy (non-hydrogen) atoms. The number of carbonyl (C=O) groups is 1. The van der Waals surface area contributed by atoms with E-state index in [1.54, 1.807) is 12.3 Å². The molecule has 1 aromatic heterocycles. The fourth-order valence-electron chi connectivity index (χ4n) is 0.987. The molecular weight excluding hydrogens is 166 g/mol. The Bertz CT molecular complexity index is 297. The van der Waals surface area contributed by atoms with E-state index in [0.717, 1.165) is 6.42 Å². The maximum absolute atomic E-state index is 11.3. The molecule has 0 aromatic carbocycles. The lowest BCUT2D eigenvalue weighted by atomic mass is 10.3. The lowest BCUT2D eigenvalue weighted by molar-refractivity contribution is -0.671. The van der Waals surface area contributed by atoms with Crippen molar-refractivity contribution < 1.29 is 14.1 Å². The Balaban J connectivity index is 2.66. The molecule has 0 fully saturated rings. The van der Waals surface area contributed by atoms with E-state index in [4.69, 9.17) is 4.74 Å². The monoisotopic (exact) mass is 180 g/mol. The van der Waals surface area contributed by atoms with E-state index in [9.17, 15) is 4.79 Å². The molecule has 0 amide bonds. The third-order valence-corrected chi connectivity index (χ3v) is 1.61. The van der Waals surface area contributed by atoms with Crippen LogP contribution in [0.2, 0.25) is 0 Å². The summed E-state index contributed by atoms with van der Waals surface area (Å²) in [7, 11) is 1.87. The highest BCUT2D eigenvalue weighted by atomic mass is 16.5. The van der Waals surface area contributed by atoms with Crippen LogP contribution >= 0.6 is 0 Å². The maximum Gasteiger partial charge on any atom is 0.344 e. The zero-order valence-electron chi connectivity index (χ0n) is 7.99. The van der Waals surface area contributed by atoms with E-state index in [1.165, 1.54) is 0 Å². The first-order valence-electron chi connectivity index (χ1n) is 4.36. The molecule has 3 nitrogen and oxygen atoms in total. The van der Waals surface area contributed by atoms with Crippen LogP contribution in [-0.2, 0) is 11.8 Å². The normalized spacial score (nSPS) is 9.69. The Morgan fingerprint density at radius 2 is 2.38 bits per heavy atom. The number of carbonyl (C=O) groups excluding carboxylic acids is 1. The van der Waals surface area contributed by atoms with Crippen molar-refractivity contribution in [2.75, 3.05) is 6.61 Å². The third kappa shape index (κ3) is 2.86. The van der Waals surface area contributed by atoms with Gasteiger partial charge in [0.1, 0.15) is 12.6 Å². The second kappa shape index (κ2) is 4.60. The molecule has 0 unspecified atom stereocenters. The number of rotatable bonds is 3. The highest BCUT2D eigenvalue weighted by Gasteiger charge is 2.09. The third-order valence-electron chi connectivity index (χ3n) is 1.61. The average Bonchev–Trinajstić information content (AvgIpc) is 2.14. The van der Waals surface area contributed by atoms with E-state index in [0.29, 0.717) is 12.2 Å². The SMILES string of the molecule is CCCOC(=O)c1ccc[n+](C)c1. The number of aryl methyl sites for hydroxylation is 1. The summed E-state index contributed by atoms with van der Waals surface area (Å²) >= 11 is 0. The van der Waals surface area contributed by atoms with Crippen molar-refractivity contribution in [3.8, 4) is 0 Å². The summed E-state index contributed by atoms with van der Waals surface area (Å²) in [5, 5.41) is 0. The van der Waals surface area contributed by atoms with E-state index in [1.807, 2.05) is 30.8 Å². The van der Waals surface area contributed by atoms with Crippen LogP contribution in [0.25, 0.3) is 0 Å². The largest absolute Gasteiger partial charge is 0.462 e. The summed E-state index contributed by atoms with van der Waals surface area (Å²) < 4.78 is 6.80. The number of hydrogen-bond donors (Lipinski definition) is 0. The number of nitrogens with zero attached hydrogens (tertiary/aromatic N) is 1. The second-order valence-corrected chi connectivity index (χ2v) is 2.89. The summed E-state index contributed by atoms with van der Waals surface area (Å²) in [5.74, 6) is -0.252. The van der Waals surface area contributed by atoms with Crippen molar-refractivity contribution >= 4 is 5.97 Å². The highest BCUT2D eigenvalue weighted by Crippen LogP contribution is 1.97. The topological polar surface area (TPSA) is 30.2 Å². The van der Waals surface area contributed by atoms with Crippen molar-refractivity contribution in [3.63, 3.8) is 0 Å². The van der Waals surface area contributed by atoms with E-state index in [-0.39, 0.29) is 5.97 Å². The quantitative estimate of drug-likeness (QED) is 0.514. The molecule has 0 aliphatic rings. The van der Waals surface area contributed by atoms with Crippen molar-refractivity contribution in [1.29, 1.82) is 0 Å². The van der Waals surface area contributed by atoms with Gasteiger partial charge in [-0.25, -0.2) is 9.36 Å². The molecule has 1 heterocycles. The minimum Gasteiger partial charge on any atom is -0.462 e. The van der Waals surface area contributed by atoms with Crippen LogP contribution in [0.15, 0.2) is 24.5 Å². The van der Waals surface area contributed by atoms with Gasteiger partial charge in [-0.1, -0.05) is 6.92 Å². The molecular formula is C10H14NO2+. The molecule has 0 radical (unpaired) electrons. The molecule has 70 valence electrons. The van der Waals surface area contributed by atoms with Gasteiger partial charge < -0.3 is 4.74 Å². The first-order valence-corrected chi connectivity index (χ1v) is 4.36. The van der Waals surface area contributed by atoms with E-state index >= 15 is 0 Å². The van der Waals surface area contributed by atoms with Gasteiger partial charge in [-0.2, -0.15) is 0 Å². The molecule has 1 aromatic rings. The zero-order chi connectivity index (χ0) is 9.68. The fraction of sp³-hybridized carbons (Fsp3) is 0.400. The minimum atomic E-state index is -0.252. The Morgan fingerprint density at radius 1 is 1.62 bits per heavy atom. The predicted molar refractivity (Wildman–Crippen MR) is 48.2 cm³/mol. The zero-order valence-corrected chi connectivity index (χ0v) is 7.99. The molecule has 0 bridgehead atoms. The number of esters is 1.